The predicted octanol–water partition coefficient (Wildman–Crippen LogP) is 13.0. The van der Waals surface area contributed by atoms with Crippen molar-refractivity contribution in [1.29, 1.82) is 0 Å². The first kappa shape index (κ1) is 59.9. The molecular weight excluding hydrogens is 961 g/mol. The van der Waals surface area contributed by atoms with Gasteiger partial charge in [0.2, 0.25) is 0 Å². The van der Waals surface area contributed by atoms with Crippen LogP contribution >= 0.6 is 0 Å². The summed E-state index contributed by atoms with van der Waals surface area (Å²) in [4.78, 5) is 75.7. The number of benzene rings is 6. The van der Waals surface area contributed by atoms with Crippen molar-refractivity contribution in [1.82, 2.24) is 0 Å². The van der Waals surface area contributed by atoms with Crippen LogP contribution in [0.15, 0.2) is 181 Å². The Balaban J connectivity index is 0.000000246. The van der Waals surface area contributed by atoms with Crippen LogP contribution < -0.4 is 14.2 Å². The minimum atomic E-state index is -0.613. The van der Waals surface area contributed by atoms with E-state index in [1.165, 1.54) is 0 Å². The van der Waals surface area contributed by atoms with Gasteiger partial charge in [0, 0.05) is 16.7 Å². The van der Waals surface area contributed by atoms with Crippen LogP contribution in [0.1, 0.15) is 102 Å². The minimum absolute atomic E-state index is 0.0111. The van der Waals surface area contributed by atoms with Crippen molar-refractivity contribution in [2.45, 2.75) is 53.9 Å². The lowest BCUT2D eigenvalue weighted by Crippen LogP contribution is -2.18. The van der Waals surface area contributed by atoms with E-state index in [2.05, 4.69) is 13.8 Å². The molecule has 0 radical (unpaired) electrons. The van der Waals surface area contributed by atoms with Crippen molar-refractivity contribution in [3.8, 4) is 17.2 Å². The fraction of sp³-hybridized carbons (Fsp3) is 0.250. The lowest BCUT2D eigenvalue weighted by Gasteiger charge is -2.10. The summed E-state index contributed by atoms with van der Waals surface area (Å²) in [5.41, 5.74) is 3.58. The van der Waals surface area contributed by atoms with Crippen molar-refractivity contribution in [2.75, 3.05) is 41.2 Å². The summed E-state index contributed by atoms with van der Waals surface area (Å²) < 4.78 is 31.2. The summed E-state index contributed by atoms with van der Waals surface area (Å²) in [6, 6.07) is 47.5. The fourth-order valence-electron chi connectivity index (χ4n) is 6.66. The Morgan fingerprint density at radius 3 is 0.974 bits per heavy atom. The van der Waals surface area contributed by atoms with E-state index in [9.17, 15) is 28.8 Å². The van der Waals surface area contributed by atoms with Crippen LogP contribution in [-0.2, 0) is 28.6 Å². The Morgan fingerprint density at radius 1 is 0.395 bits per heavy atom. The highest BCUT2D eigenvalue weighted by molar-refractivity contribution is 6.28. The Kier molecular flexibility index (Phi) is 25.6. The number of carbonyl (C=O) groups excluding carboxylic acids is 6. The zero-order chi connectivity index (χ0) is 55.2. The van der Waals surface area contributed by atoms with Gasteiger partial charge in [0.05, 0.1) is 41.2 Å². The van der Waals surface area contributed by atoms with Crippen molar-refractivity contribution in [2.24, 2.45) is 11.8 Å². The van der Waals surface area contributed by atoms with Crippen molar-refractivity contribution < 1.29 is 57.2 Å². The number of Topliss-reactive ketones (excluding diaryl/α,β-unsaturated/α-hetero) is 3. The second-order valence-electron chi connectivity index (χ2n) is 17.9. The molecule has 0 aliphatic carbocycles. The molecule has 0 N–H and O–H groups in total. The second kappa shape index (κ2) is 32.5. The first-order valence-electron chi connectivity index (χ1n) is 25.1. The second-order valence-corrected chi connectivity index (χ2v) is 17.9. The molecule has 6 aromatic carbocycles. The van der Waals surface area contributed by atoms with E-state index >= 15 is 0 Å². The largest absolute Gasteiger partial charge is 0.497 e. The molecule has 0 heterocycles. The minimum Gasteiger partial charge on any atom is -0.497 e. The first-order valence-corrected chi connectivity index (χ1v) is 25.1. The van der Waals surface area contributed by atoms with Crippen LogP contribution in [0.2, 0.25) is 0 Å². The average Bonchev–Trinajstić information content (AvgIpc) is 3.45. The highest BCUT2D eigenvalue weighted by atomic mass is 16.5. The Morgan fingerprint density at radius 2 is 0.697 bits per heavy atom. The molecule has 0 saturated carbocycles. The zero-order valence-electron chi connectivity index (χ0n) is 44.6. The SMILES string of the molecule is CCCCOC(=O)/C(=C/c1ccc(OC)cc1)C(=O)c1ccccc1.COc1ccc(/C=C(/C(=O)OCC(C)C)C(=O)c2ccccc2)cc1.COc1ccc(/C=C(/C(=O)OCCC(C)C)C(=O)c2ccccc2)cc1. The third kappa shape index (κ3) is 20.3. The third-order valence-electron chi connectivity index (χ3n) is 11.0. The summed E-state index contributed by atoms with van der Waals surface area (Å²) in [5.74, 6) is -0.141. The molecule has 6 aromatic rings. The standard InChI is InChI=1S/C22H24O4.2C21H22O4/c1-16(2)13-14-26-22(24)20(21(23)18-7-5-4-6-8-18)15-17-9-11-19(25-3)12-10-17;1-15(2)14-25-21(23)19(20(22)17-7-5-4-6-8-17)13-16-9-11-18(24-3)12-10-16;1-3-4-14-25-21(23)19(20(22)17-8-6-5-7-9-17)15-16-10-12-18(24-2)13-11-16/h4-12,15-16H,13-14H2,1-3H3;4-13,15H,14H2,1-3H3;5-13,15H,3-4,14H2,1-2H3/b20-15+;19-13+;19-15+. The maximum absolute atomic E-state index is 12.8. The zero-order valence-corrected chi connectivity index (χ0v) is 44.6. The van der Waals surface area contributed by atoms with Gasteiger partial charge in [-0.15, -0.1) is 0 Å². The van der Waals surface area contributed by atoms with Gasteiger partial charge >= 0.3 is 17.9 Å². The number of hydrogen-bond acceptors (Lipinski definition) is 12. The van der Waals surface area contributed by atoms with Gasteiger partial charge < -0.3 is 28.4 Å². The molecular formula is C64H68O12. The van der Waals surface area contributed by atoms with Crippen LogP contribution in [0, 0.1) is 11.8 Å². The molecule has 0 aromatic heterocycles. The number of ether oxygens (including phenoxy) is 6. The monoisotopic (exact) mass is 1030 g/mol. The molecule has 396 valence electrons. The first-order chi connectivity index (χ1) is 36.7. The number of rotatable bonds is 23. The van der Waals surface area contributed by atoms with E-state index < -0.39 is 17.9 Å². The van der Waals surface area contributed by atoms with Gasteiger partial charge in [0.15, 0.2) is 17.3 Å². The highest BCUT2D eigenvalue weighted by Gasteiger charge is 2.24. The summed E-state index contributed by atoms with van der Waals surface area (Å²) >= 11 is 0. The molecule has 0 atom stereocenters. The molecule has 12 nitrogen and oxygen atoms in total. The van der Waals surface area contributed by atoms with E-state index in [-0.39, 0.29) is 46.6 Å². The molecule has 0 amide bonds. The molecule has 0 bridgehead atoms. The van der Waals surface area contributed by atoms with Crippen molar-refractivity contribution in [3.05, 3.63) is 214 Å². The highest BCUT2D eigenvalue weighted by Crippen LogP contribution is 2.21. The summed E-state index contributed by atoms with van der Waals surface area (Å²) in [6.07, 6.45) is 7.10. The number of unbranched alkanes of at least 4 members (excludes halogenated alkanes) is 1. The number of methoxy groups -OCH3 is 3. The van der Waals surface area contributed by atoms with Crippen molar-refractivity contribution >= 4 is 53.5 Å². The maximum atomic E-state index is 12.8. The smallest absolute Gasteiger partial charge is 0.342 e. The molecule has 12 heteroatoms. The van der Waals surface area contributed by atoms with E-state index in [1.54, 1.807) is 185 Å². The Bertz CT molecular complexity index is 2860. The van der Waals surface area contributed by atoms with Gasteiger partial charge in [0.25, 0.3) is 0 Å². The van der Waals surface area contributed by atoms with E-state index in [1.807, 2.05) is 39.0 Å². The normalized spacial score (nSPS) is 11.2. The van der Waals surface area contributed by atoms with Gasteiger partial charge in [0.1, 0.15) is 34.0 Å². The van der Waals surface area contributed by atoms with Crippen LogP contribution in [0.5, 0.6) is 17.2 Å². The lowest BCUT2D eigenvalue weighted by molar-refractivity contribution is -0.140. The van der Waals surface area contributed by atoms with Crippen molar-refractivity contribution in [3.63, 3.8) is 0 Å². The topological polar surface area (TPSA) is 158 Å². The molecule has 0 unspecified atom stereocenters. The average molecular weight is 1030 g/mol. The third-order valence-corrected chi connectivity index (χ3v) is 11.0. The number of esters is 3. The predicted molar refractivity (Wildman–Crippen MR) is 297 cm³/mol. The number of hydrogen-bond donors (Lipinski definition) is 0. The fourth-order valence-corrected chi connectivity index (χ4v) is 6.66. The molecule has 0 aliphatic rings. The Labute approximate surface area is 447 Å². The van der Waals surface area contributed by atoms with Crippen LogP contribution in [0.25, 0.3) is 18.2 Å². The maximum Gasteiger partial charge on any atom is 0.342 e. The lowest BCUT2D eigenvalue weighted by atomic mass is 10.0. The van der Waals surface area contributed by atoms with Gasteiger partial charge in [-0.25, -0.2) is 14.4 Å². The van der Waals surface area contributed by atoms with Gasteiger partial charge in [-0.1, -0.05) is 168 Å². The molecule has 0 fully saturated rings. The van der Waals surface area contributed by atoms with Gasteiger partial charge in [-0.3, -0.25) is 14.4 Å². The van der Waals surface area contributed by atoms with Gasteiger partial charge in [-0.2, -0.15) is 0 Å². The number of ketones is 3. The van der Waals surface area contributed by atoms with E-state index in [0.29, 0.717) is 53.1 Å². The molecule has 6 rings (SSSR count). The summed E-state index contributed by atoms with van der Waals surface area (Å²) in [7, 11) is 4.75. The summed E-state index contributed by atoms with van der Waals surface area (Å²) in [5, 5.41) is 0. The van der Waals surface area contributed by atoms with Crippen LogP contribution in [0.3, 0.4) is 0 Å². The number of carbonyl (C=O) groups is 6. The van der Waals surface area contributed by atoms with E-state index in [0.717, 1.165) is 36.0 Å². The van der Waals surface area contributed by atoms with E-state index in [4.69, 9.17) is 28.4 Å². The molecule has 0 spiro atoms. The molecule has 76 heavy (non-hydrogen) atoms. The molecule has 0 saturated heterocycles. The Hall–Kier alpha value is -8.64. The van der Waals surface area contributed by atoms with Gasteiger partial charge in [-0.05, 0) is 96.0 Å². The van der Waals surface area contributed by atoms with Crippen LogP contribution in [-0.4, -0.2) is 76.4 Å². The summed E-state index contributed by atoms with van der Waals surface area (Å²) in [6.45, 7) is 10.9. The molecule has 0 aliphatic heterocycles. The quantitative estimate of drug-likeness (QED) is 0.0114. The van der Waals surface area contributed by atoms with Crippen LogP contribution in [0.4, 0.5) is 0 Å².